The summed E-state index contributed by atoms with van der Waals surface area (Å²) in [5.74, 6) is -0.308. The van der Waals surface area contributed by atoms with Crippen LogP contribution >= 0.6 is 0 Å². The minimum atomic E-state index is -3.16. The second-order valence-corrected chi connectivity index (χ2v) is 6.80. The summed E-state index contributed by atoms with van der Waals surface area (Å²) in [6.07, 6.45) is 0.445. The van der Waals surface area contributed by atoms with Crippen LogP contribution in [0.25, 0.3) is 0 Å². The Morgan fingerprint density at radius 2 is 1.88 bits per heavy atom. The summed E-state index contributed by atoms with van der Waals surface area (Å²) in [5, 5.41) is 2.96. The Morgan fingerprint density at radius 1 is 1.35 bits per heavy atom. The minimum absolute atomic E-state index is 0.0598. The third kappa shape index (κ3) is 5.47. The zero-order chi connectivity index (χ0) is 13.7. The fourth-order valence-electron chi connectivity index (χ4n) is 1.17. The molecule has 0 aromatic heterocycles. The van der Waals surface area contributed by atoms with E-state index < -0.39 is 15.6 Å². The molecular weight excluding hydrogens is 244 g/mol. The third-order valence-corrected chi connectivity index (χ3v) is 4.32. The molecule has 7 heteroatoms. The highest BCUT2D eigenvalue weighted by molar-refractivity contribution is 7.89. The van der Waals surface area contributed by atoms with Crippen molar-refractivity contribution in [2.75, 3.05) is 33.5 Å². The molecule has 0 amide bonds. The highest BCUT2D eigenvalue weighted by Crippen LogP contribution is 2.05. The van der Waals surface area contributed by atoms with Gasteiger partial charge in [0.15, 0.2) is 0 Å². The molecule has 0 aliphatic rings. The summed E-state index contributed by atoms with van der Waals surface area (Å²) in [5.41, 5.74) is -0.795. The number of nitrogens with one attached hydrogen (secondary N) is 1. The summed E-state index contributed by atoms with van der Waals surface area (Å²) >= 11 is 0. The first kappa shape index (κ1) is 16.3. The van der Waals surface area contributed by atoms with Gasteiger partial charge in [-0.2, -0.15) is 0 Å². The summed E-state index contributed by atoms with van der Waals surface area (Å²) in [7, 11) is 1.16. The van der Waals surface area contributed by atoms with Crippen LogP contribution < -0.4 is 5.32 Å². The van der Waals surface area contributed by atoms with Crippen LogP contribution in [0.4, 0.5) is 0 Å². The Morgan fingerprint density at radius 3 is 2.29 bits per heavy atom. The van der Waals surface area contributed by atoms with Gasteiger partial charge < -0.3 is 10.1 Å². The normalized spacial score (nSPS) is 12.8. The van der Waals surface area contributed by atoms with Crippen molar-refractivity contribution in [2.45, 2.75) is 25.8 Å². The maximum Gasteiger partial charge on any atom is 0.325 e. The van der Waals surface area contributed by atoms with Gasteiger partial charge in [0, 0.05) is 14.1 Å². The number of hydrogen-bond donors (Lipinski definition) is 1. The molecule has 0 radical (unpaired) electrons. The van der Waals surface area contributed by atoms with Gasteiger partial charge in [0.1, 0.15) is 5.54 Å². The quantitative estimate of drug-likeness (QED) is 0.510. The molecule has 0 rings (SSSR count). The van der Waals surface area contributed by atoms with E-state index in [1.165, 1.54) is 25.5 Å². The van der Waals surface area contributed by atoms with Gasteiger partial charge >= 0.3 is 5.97 Å². The molecule has 17 heavy (non-hydrogen) atoms. The predicted octanol–water partition coefficient (Wildman–Crippen LogP) is -0.191. The first-order chi connectivity index (χ1) is 7.63. The number of rotatable bonds is 7. The fraction of sp³-hybridized carbons (Fsp3) is 0.900. The monoisotopic (exact) mass is 266 g/mol. The van der Waals surface area contributed by atoms with Gasteiger partial charge in [-0.3, -0.25) is 4.79 Å². The molecule has 0 aliphatic heterocycles. The second kappa shape index (κ2) is 6.32. The lowest BCUT2D eigenvalue weighted by atomic mass is 10.1. The number of methoxy groups -OCH3 is 1. The van der Waals surface area contributed by atoms with E-state index in [2.05, 4.69) is 10.1 Å². The number of carbonyl (C=O) groups is 1. The van der Waals surface area contributed by atoms with E-state index in [0.29, 0.717) is 13.0 Å². The van der Waals surface area contributed by atoms with Crippen LogP contribution in [-0.2, 0) is 19.6 Å². The van der Waals surface area contributed by atoms with Gasteiger partial charge in [-0.05, 0) is 26.8 Å². The molecule has 0 saturated carbocycles. The van der Waals surface area contributed by atoms with Crippen molar-refractivity contribution in [2.24, 2.45) is 0 Å². The summed E-state index contributed by atoms with van der Waals surface area (Å²) < 4.78 is 28.7. The molecule has 0 spiro atoms. The Hall–Kier alpha value is -0.660. The molecule has 0 heterocycles. The molecule has 0 unspecified atom stereocenters. The molecule has 102 valence electrons. The number of nitrogens with zero attached hydrogens (tertiary/aromatic N) is 1. The second-order valence-electron chi connectivity index (χ2n) is 4.50. The minimum Gasteiger partial charge on any atom is -0.468 e. The molecule has 0 aliphatic carbocycles. The molecule has 0 saturated heterocycles. The van der Waals surface area contributed by atoms with Gasteiger partial charge in [-0.25, -0.2) is 12.7 Å². The van der Waals surface area contributed by atoms with E-state index in [-0.39, 0.29) is 11.7 Å². The standard InChI is InChI=1S/C10H22N2O4S/c1-10(2,9(13)16-5)11-7-6-8-17(14,15)12(3)4/h11H,6-8H2,1-5H3. The highest BCUT2D eigenvalue weighted by atomic mass is 32.2. The largest absolute Gasteiger partial charge is 0.468 e. The van der Waals surface area contributed by atoms with E-state index >= 15 is 0 Å². The smallest absolute Gasteiger partial charge is 0.325 e. The van der Waals surface area contributed by atoms with Crippen molar-refractivity contribution in [3.8, 4) is 0 Å². The Kier molecular flexibility index (Phi) is 6.08. The number of hydrogen-bond acceptors (Lipinski definition) is 5. The zero-order valence-corrected chi connectivity index (χ0v) is 11.9. The average Bonchev–Trinajstić information content (AvgIpc) is 2.23. The number of carbonyl (C=O) groups excluding carboxylic acids is 1. The molecular formula is C10H22N2O4S. The first-order valence-corrected chi connectivity index (χ1v) is 6.98. The highest BCUT2D eigenvalue weighted by Gasteiger charge is 2.27. The van der Waals surface area contributed by atoms with Crippen LogP contribution in [0.3, 0.4) is 0 Å². The van der Waals surface area contributed by atoms with Crippen molar-refractivity contribution in [3.05, 3.63) is 0 Å². The van der Waals surface area contributed by atoms with Crippen LogP contribution in [0.2, 0.25) is 0 Å². The molecule has 0 fully saturated rings. The molecule has 0 aromatic rings. The molecule has 6 nitrogen and oxygen atoms in total. The Bertz CT molecular complexity index is 349. The van der Waals surface area contributed by atoms with Gasteiger partial charge in [0.05, 0.1) is 12.9 Å². The van der Waals surface area contributed by atoms with E-state index in [0.717, 1.165) is 0 Å². The topological polar surface area (TPSA) is 75.7 Å². The lowest BCUT2D eigenvalue weighted by Crippen LogP contribution is -2.48. The molecule has 0 bridgehead atoms. The van der Waals surface area contributed by atoms with E-state index in [9.17, 15) is 13.2 Å². The number of esters is 1. The SMILES string of the molecule is COC(=O)C(C)(C)NCCCS(=O)(=O)N(C)C. The van der Waals surface area contributed by atoms with Gasteiger partial charge in [0.2, 0.25) is 10.0 Å². The zero-order valence-electron chi connectivity index (χ0n) is 11.1. The lowest BCUT2D eigenvalue weighted by molar-refractivity contribution is -0.147. The number of sulfonamides is 1. The predicted molar refractivity (Wildman–Crippen MR) is 66.2 cm³/mol. The number of ether oxygens (including phenoxy) is 1. The van der Waals surface area contributed by atoms with Crippen molar-refractivity contribution in [1.29, 1.82) is 0 Å². The summed E-state index contributed by atoms with van der Waals surface area (Å²) in [4.78, 5) is 11.3. The van der Waals surface area contributed by atoms with Gasteiger partial charge in [-0.1, -0.05) is 0 Å². The van der Waals surface area contributed by atoms with Crippen LogP contribution in [0.15, 0.2) is 0 Å². The van der Waals surface area contributed by atoms with Crippen molar-refractivity contribution < 1.29 is 17.9 Å². The maximum atomic E-state index is 11.5. The molecule has 0 atom stereocenters. The van der Waals surface area contributed by atoms with E-state index in [1.54, 1.807) is 13.8 Å². The van der Waals surface area contributed by atoms with Crippen molar-refractivity contribution in [3.63, 3.8) is 0 Å². The summed E-state index contributed by atoms with van der Waals surface area (Å²) in [6.45, 7) is 3.83. The van der Waals surface area contributed by atoms with E-state index in [1.807, 2.05) is 0 Å². The Labute approximate surface area is 103 Å². The van der Waals surface area contributed by atoms with Crippen LogP contribution in [0.5, 0.6) is 0 Å². The van der Waals surface area contributed by atoms with E-state index in [4.69, 9.17) is 0 Å². The summed E-state index contributed by atoms with van der Waals surface area (Å²) in [6, 6.07) is 0. The van der Waals surface area contributed by atoms with Gasteiger partial charge in [-0.15, -0.1) is 0 Å². The van der Waals surface area contributed by atoms with Crippen LogP contribution in [-0.4, -0.2) is 57.7 Å². The molecule has 1 N–H and O–H groups in total. The van der Waals surface area contributed by atoms with Crippen LogP contribution in [0, 0.1) is 0 Å². The Balaban J connectivity index is 4.06. The fourth-order valence-corrected chi connectivity index (χ4v) is 2.04. The maximum absolute atomic E-state index is 11.5. The molecule has 0 aromatic carbocycles. The lowest BCUT2D eigenvalue weighted by Gasteiger charge is -2.23. The van der Waals surface area contributed by atoms with Crippen molar-refractivity contribution in [1.82, 2.24) is 9.62 Å². The first-order valence-electron chi connectivity index (χ1n) is 5.37. The third-order valence-electron chi connectivity index (χ3n) is 2.40. The van der Waals surface area contributed by atoms with Gasteiger partial charge in [0.25, 0.3) is 0 Å². The van der Waals surface area contributed by atoms with Crippen molar-refractivity contribution >= 4 is 16.0 Å². The van der Waals surface area contributed by atoms with Crippen LogP contribution in [0.1, 0.15) is 20.3 Å². The average molecular weight is 266 g/mol.